The molecule has 2 nitrogen and oxygen atoms in total. The Kier molecular flexibility index (Phi) is 5.38. The van der Waals surface area contributed by atoms with Crippen LogP contribution in [0.4, 0.5) is 18.9 Å². The van der Waals surface area contributed by atoms with Crippen molar-refractivity contribution in [3.05, 3.63) is 28.8 Å². The van der Waals surface area contributed by atoms with Gasteiger partial charge in [0.1, 0.15) is 0 Å². The summed E-state index contributed by atoms with van der Waals surface area (Å²) >= 11 is 5.66. The van der Waals surface area contributed by atoms with Gasteiger partial charge in [-0.25, -0.2) is 0 Å². The Labute approximate surface area is 128 Å². The number of nitrogens with zero attached hydrogens (tertiary/aromatic N) is 1. The molecule has 0 bridgehead atoms. The molecule has 1 unspecified atom stereocenters. The second-order valence-electron chi connectivity index (χ2n) is 5.53. The third kappa shape index (κ3) is 4.51. The predicted molar refractivity (Wildman–Crippen MR) is 79.8 cm³/mol. The molecule has 21 heavy (non-hydrogen) atoms. The van der Waals surface area contributed by atoms with Crippen molar-refractivity contribution in [2.45, 2.75) is 37.9 Å². The second-order valence-corrected chi connectivity index (χ2v) is 5.97. The molecule has 0 spiro atoms. The molecule has 1 atom stereocenters. The molecule has 118 valence electrons. The van der Waals surface area contributed by atoms with Crippen LogP contribution in [0.15, 0.2) is 18.2 Å². The van der Waals surface area contributed by atoms with Crippen LogP contribution >= 0.6 is 11.6 Å². The minimum atomic E-state index is -4.39. The van der Waals surface area contributed by atoms with Crippen LogP contribution in [0.2, 0.25) is 5.02 Å². The number of anilines is 1. The Morgan fingerprint density at radius 1 is 1.33 bits per heavy atom. The van der Waals surface area contributed by atoms with E-state index in [9.17, 15) is 13.2 Å². The van der Waals surface area contributed by atoms with Crippen LogP contribution in [0.5, 0.6) is 0 Å². The van der Waals surface area contributed by atoms with Crippen LogP contribution in [0.1, 0.15) is 31.2 Å². The molecule has 1 aliphatic rings. The molecule has 0 aliphatic carbocycles. The number of benzene rings is 1. The second kappa shape index (κ2) is 6.88. The largest absolute Gasteiger partial charge is 0.418 e. The summed E-state index contributed by atoms with van der Waals surface area (Å²) in [6.45, 7) is 1.60. The first kappa shape index (κ1) is 16.4. The van der Waals surface area contributed by atoms with Gasteiger partial charge in [-0.15, -0.1) is 0 Å². The van der Waals surface area contributed by atoms with Gasteiger partial charge in [0.05, 0.1) is 5.56 Å². The van der Waals surface area contributed by atoms with Gasteiger partial charge in [0.25, 0.3) is 0 Å². The summed E-state index contributed by atoms with van der Waals surface area (Å²) in [7, 11) is 2.08. The summed E-state index contributed by atoms with van der Waals surface area (Å²) in [4.78, 5) is 2.29. The highest BCUT2D eigenvalue weighted by atomic mass is 35.5. The molecular formula is C15H20ClF3N2. The van der Waals surface area contributed by atoms with Crippen molar-refractivity contribution in [3.63, 3.8) is 0 Å². The lowest BCUT2D eigenvalue weighted by Crippen LogP contribution is -2.37. The van der Waals surface area contributed by atoms with Gasteiger partial charge >= 0.3 is 6.18 Å². The van der Waals surface area contributed by atoms with Gasteiger partial charge in [0.15, 0.2) is 0 Å². The first-order valence-corrected chi connectivity index (χ1v) is 7.56. The molecule has 0 amide bonds. The maximum absolute atomic E-state index is 13.0. The van der Waals surface area contributed by atoms with E-state index in [-0.39, 0.29) is 10.7 Å². The smallest absolute Gasteiger partial charge is 0.384 e. The number of alkyl halides is 3. The average Bonchev–Trinajstić information content (AvgIpc) is 2.41. The molecule has 1 saturated heterocycles. The molecule has 1 fully saturated rings. The van der Waals surface area contributed by atoms with Crippen molar-refractivity contribution in [1.82, 2.24) is 4.90 Å². The Hall–Kier alpha value is -0.940. The van der Waals surface area contributed by atoms with E-state index in [2.05, 4.69) is 17.3 Å². The molecule has 2 rings (SSSR count). The normalized spacial score (nSPS) is 20.5. The molecule has 1 aliphatic heterocycles. The van der Waals surface area contributed by atoms with Crippen LogP contribution in [-0.2, 0) is 6.18 Å². The number of nitrogens with one attached hydrogen (secondary N) is 1. The fourth-order valence-electron chi connectivity index (χ4n) is 2.79. The molecular weight excluding hydrogens is 301 g/mol. The molecule has 1 heterocycles. The minimum absolute atomic E-state index is 0.0971. The SMILES string of the molecule is CN1CCCCC1CCNc1ccc(Cl)cc1C(F)(F)F. The topological polar surface area (TPSA) is 15.3 Å². The molecule has 0 radical (unpaired) electrons. The molecule has 6 heteroatoms. The third-order valence-corrected chi connectivity index (χ3v) is 4.24. The molecule has 1 aromatic rings. The van der Waals surface area contributed by atoms with E-state index < -0.39 is 11.7 Å². The summed E-state index contributed by atoms with van der Waals surface area (Å²) in [5.74, 6) is 0. The van der Waals surface area contributed by atoms with E-state index in [0.717, 1.165) is 25.5 Å². The van der Waals surface area contributed by atoms with Gasteiger partial charge in [-0.05, 0) is 51.1 Å². The zero-order valence-corrected chi connectivity index (χ0v) is 12.8. The van der Waals surface area contributed by atoms with Gasteiger partial charge < -0.3 is 10.2 Å². The van der Waals surface area contributed by atoms with Crippen molar-refractivity contribution in [2.24, 2.45) is 0 Å². The lowest BCUT2D eigenvalue weighted by molar-refractivity contribution is -0.136. The van der Waals surface area contributed by atoms with Gasteiger partial charge in [0, 0.05) is 23.3 Å². The van der Waals surface area contributed by atoms with E-state index in [1.54, 1.807) is 0 Å². The van der Waals surface area contributed by atoms with Crippen molar-refractivity contribution >= 4 is 17.3 Å². The number of halogens is 4. The van der Waals surface area contributed by atoms with Crippen molar-refractivity contribution in [3.8, 4) is 0 Å². The Morgan fingerprint density at radius 2 is 2.10 bits per heavy atom. The van der Waals surface area contributed by atoms with Crippen LogP contribution < -0.4 is 5.32 Å². The lowest BCUT2D eigenvalue weighted by Gasteiger charge is -2.32. The van der Waals surface area contributed by atoms with Crippen LogP contribution in [0, 0.1) is 0 Å². The first-order chi connectivity index (χ1) is 9.88. The zero-order valence-electron chi connectivity index (χ0n) is 12.0. The Morgan fingerprint density at radius 3 is 2.76 bits per heavy atom. The lowest BCUT2D eigenvalue weighted by atomic mass is 10.00. The highest BCUT2D eigenvalue weighted by molar-refractivity contribution is 6.30. The summed E-state index contributed by atoms with van der Waals surface area (Å²) in [5, 5.41) is 3.01. The summed E-state index contributed by atoms with van der Waals surface area (Å²) < 4.78 is 38.9. The van der Waals surface area contributed by atoms with Gasteiger partial charge in [-0.1, -0.05) is 18.0 Å². The number of likely N-dealkylation sites (tertiary alicyclic amines) is 1. The standard InChI is InChI=1S/C15H20ClF3N2/c1-21-9-3-2-4-12(21)7-8-20-14-6-5-11(16)10-13(14)15(17,18)19/h5-6,10,12,20H,2-4,7-9H2,1H3. The number of rotatable bonds is 4. The van der Waals surface area contributed by atoms with Crippen molar-refractivity contribution in [2.75, 3.05) is 25.5 Å². The maximum Gasteiger partial charge on any atom is 0.418 e. The highest BCUT2D eigenvalue weighted by Gasteiger charge is 2.33. The van der Waals surface area contributed by atoms with Crippen molar-refractivity contribution < 1.29 is 13.2 Å². The minimum Gasteiger partial charge on any atom is -0.384 e. The fraction of sp³-hybridized carbons (Fsp3) is 0.600. The summed E-state index contributed by atoms with van der Waals surface area (Å²) in [6.07, 6.45) is -0.0319. The maximum atomic E-state index is 13.0. The van der Waals surface area contributed by atoms with E-state index >= 15 is 0 Å². The summed E-state index contributed by atoms with van der Waals surface area (Å²) in [6, 6.07) is 4.30. The molecule has 0 aromatic heterocycles. The monoisotopic (exact) mass is 320 g/mol. The molecule has 0 saturated carbocycles. The summed E-state index contributed by atoms with van der Waals surface area (Å²) in [5.41, 5.74) is -0.600. The van der Waals surface area contributed by atoms with Crippen LogP contribution in [-0.4, -0.2) is 31.1 Å². The van der Waals surface area contributed by atoms with Gasteiger partial charge in [-0.2, -0.15) is 13.2 Å². The van der Waals surface area contributed by atoms with Gasteiger partial charge in [-0.3, -0.25) is 0 Å². The Bertz CT molecular complexity index is 476. The van der Waals surface area contributed by atoms with Crippen molar-refractivity contribution in [1.29, 1.82) is 0 Å². The van der Waals surface area contributed by atoms with E-state index in [1.165, 1.54) is 25.0 Å². The Balaban J connectivity index is 1.97. The highest BCUT2D eigenvalue weighted by Crippen LogP contribution is 2.36. The predicted octanol–water partition coefficient (Wildman–Crippen LogP) is 4.65. The number of hydrogen-bond acceptors (Lipinski definition) is 2. The molecule has 1 aromatic carbocycles. The van der Waals surface area contributed by atoms with Crippen LogP contribution in [0.3, 0.4) is 0 Å². The number of hydrogen-bond donors (Lipinski definition) is 1. The molecule has 1 N–H and O–H groups in total. The van der Waals surface area contributed by atoms with Gasteiger partial charge in [0.2, 0.25) is 0 Å². The number of piperidine rings is 1. The quantitative estimate of drug-likeness (QED) is 0.869. The van der Waals surface area contributed by atoms with E-state index in [4.69, 9.17) is 11.6 Å². The zero-order chi connectivity index (χ0) is 15.5. The van der Waals surface area contributed by atoms with Crippen LogP contribution in [0.25, 0.3) is 0 Å². The van der Waals surface area contributed by atoms with E-state index in [0.29, 0.717) is 12.6 Å². The first-order valence-electron chi connectivity index (χ1n) is 7.19. The third-order valence-electron chi connectivity index (χ3n) is 4.00. The van der Waals surface area contributed by atoms with E-state index in [1.807, 2.05) is 0 Å². The fourth-order valence-corrected chi connectivity index (χ4v) is 2.96. The average molecular weight is 321 g/mol.